The molecule has 0 saturated carbocycles. The Kier molecular flexibility index (Phi) is 14.0. The van der Waals surface area contributed by atoms with Crippen LogP contribution in [0.15, 0.2) is 24.3 Å². The van der Waals surface area contributed by atoms with Crippen molar-refractivity contribution in [1.29, 1.82) is 0 Å². The molecule has 0 saturated heterocycles. The van der Waals surface area contributed by atoms with Crippen molar-refractivity contribution in [1.82, 2.24) is 0 Å². The molecule has 0 aromatic heterocycles. The van der Waals surface area contributed by atoms with Crippen molar-refractivity contribution in [3.8, 4) is 11.5 Å². The van der Waals surface area contributed by atoms with Gasteiger partial charge in [0.15, 0.2) is 0 Å². The molecule has 4 atom stereocenters. The van der Waals surface area contributed by atoms with E-state index in [1.54, 1.807) is 0 Å². The Morgan fingerprint density at radius 1 is 0.581 bits per heavy atom. The highest BCUT2D eigenvalue weighted by Crippen LogP contribution is 2.53. The molecule has 0 N–H and O–H groups in total. The summed E-state index contributed by atoms with van der Waals surface area (Å²) in [5.41, 5.74) is 7.28. The molecule has 4 rings (SSSR count). The molecule has 2 aliphatic rings. The fourth-order valence-corrected chi connectivity index (χ4v) is 9.09. The van der Waals surface area contributed by atoms with Crippen LogP contribution in [-0.2, 0) is 28.4 Å². The van der Waals surface area contributed by atoms with Crippen LogP contribution in [0.2, 0.25) is 0 Å². The van der Waals surface area contributed by atoms with E-state index in [0.29, 0.717) is 11.8 Å². The van der Waals surface area contributed by atoms with E-state index in [9.17, 15) is 0 Å². The van der Waals surface area contributed by atoms with Gasteiger partial charge in [-0.3, -0.25) is 4.74 Å². The van der Waals surface area contributed by atoms with Gasteiger partial charge in [0.2, 0.25) is 12.6 Å². The highest BCUT2D eigenvalue weighted by atomic mass is 127. The van der Waals surface area contributed by atoms with E-state index in [2.05, 4.69) is 156 Å². The van der Waals surface area contributed by atoms with Crippen LogP contribution in [0.3, 0.4) is 0 Å². The largest absolute Gasteiger partial charge is 0.459 e. The molecular weight excluding hydrogens is 988 g/mol. The Bertz CT molecular complexity index is 1120. The molecule has 7 heteroatoms. The standard InChI is InChI=1S/C36H50I4O3/c1-35(2,3)29-21-25(17-23(11-15-39)9-7-13-37)19-27-31(29)41-34-28-20-26(18-24(12-16-40)10-8-14-38)22-30(36(4,5)6)32(28)42-33(27)43-34/h19-24,33-34H,7-18H2,1-6H3. The van der Waals surface area contributed by atoms with E-state index in [1.807, 2.05) is 0 Å². The highest BCUT2D eigenvalue weighted by Gasteiger charge is 2.42. The normalized spacial score (nSPS) is 19.2. The molecule has 240 valence electrons. The summed E-state index contributed by atoms with van der Waals surface area (Å²) in [5, 5.41) is 0. The molecule has 2 aliphatic heterocycles. The van der Waals surface area contributed by atoms with E-state index >= 15 is 0 Å². The molecule has 4 unspecified atom stereocenters. The van der Waals surface area contributed by atoms with Crippen LogP contribution in [0.4, 0.5) is 0 Å². The zero-order valence-electron chi connectivity index (χ0n) is 26.8. The van der Waals surface area contributed by atoms with Gasteiger partial charge >= 0.3 is 0 Å². The molecule has 2 heterocycles. The van der Waals surface area contributed by atoms with Gasteiger partial charge in [-0.1, -0.05) is 144 Å². The van der Waals surface area contributed by atoms with Crippen LogP contribution < -0.4 is 9.47 Å². The van der Waals surface area contributed by atoms with Gasteiger partial charge in [-0.2, -0.15) is 0 Å². The average molecular weight is 1040 g/mol. The molecule has 0 amide bonds. The molecular formula is C36H50I4O3. The van der Waals surface area contributed by atoms with Gasteiger partial charge in [-0.25, -0.2) is 0 Å². The Morgan fingerprint density at radius 3 is 1.30 bits per heavy atom. The van der Waals surface area contributed by atoms with E-state index in [0.717, 1.165) is 35.5 Å². The third kappa shape index (κ3) is 9.51. The number of rotatable bonds is 14. The zero-order valence-corrected chi connectivity index (χ0v) is 35.5. The molecule has 0 radical (unpaired) electrons. The van der Waals surface area contributed by atoms with Crippen molar-refractivity contribution in [3.05, 3.63) is 57.6 Å². The molecule has 2 aromatic rings. The summed E-state index contributed by atoms with van der Waals surface area (Å²) in [5.74, 6) is 3.33. The summed E-state index contributed by atoms with van der Waals surface area (Å²) >= 11 is 10.1. The smallest absolute Gasteiger partial charge is 0.233 e. The molecule has 2 aromatic carbocycles. The summed E-state index contributed by atoms with van der Waals surface area (Å²) < 4.78 is 25.2. The lowest BCUT2D eigenvalue weighted by molar-refractivity contribution is -0.228. The van der Waals surface area contributed by atoms with Crippen LogP contribution in [0.5, 0.6) is 11.5 Å². The Balaban J connectivity index is 1.75. The Morgan fingerprint density at radius 2 is 0.977 bits per heavy atom. The summed E-state index contributed by atoms with van der Waals surface area (Å²) in [6.45, 7) is 13.8. The van der Waals surface area contributed by atoms with Gasteiger partial charge in [0.1, 0.15) is 11.5 Å². The lowest BCUT2D eigenvalue weighted by atomic mass is 9.80. The summed E-state index contributed by atoms with van der Waals surface area (Å²) in [6.07, 6.45) is 8.92. The van der Waals surface area contributed by atoms with Gasteiger partial charge in [0, 0.05) is 11.1 Å². The third-order valence-corrected chi connectivity index (χ3v) is 11.5. The second-order valence-corrected chi connectivity index (χ2v) is 18.7. The number of halogens is 4. The number of fused-ring (bicyclic) bond motifs is 6. The SMILES string of the molecule is CC(C)(C)c1cc(CC(CCI)CCCI)cc2c1OC1OC2Oc2c1cc(CC(CCI)CCCI)cc2C(C)(C)C. The van der Waals surface area contributed by atoms with Crippen molar-refractivity contribution >= 4 is 90.4 Å². The second-order valence-electron chi connectivity index (χ2n) is 14.4. The van der Waals surface area contributed by atoms with Crippen molar-refractivity contribution in [2.45, 2.75) is 116 Å². The fraction of sp³-hybridized carbons (Fsp3) is 0.667. The minimum atomic E-state index is -0.456. The maximum atomic E-state index is 6.89. The quantitative estimate of drug-likeness (QED) is 0.139. The van der Waals surface area contributed by atoms with Crippen LogP contribution in [0, 0.1) is 11.8 Å². The third-order valence-electron chi connectivity index (χ3n) is 8.75. The first-order valence-electron chi connectivity index (χ1n) is 16.0. The molecule has 2 bridgehead atoms. The van der Waals surface area contributed by atoms with Gasteiger partial charge in [0.05, 0.1) is 11.1 Å². The molecule has 0 spiro atoms. The van der Waals surface area contributed by atoms with E-state index < -0.39 is 12.6 Å². The number of ether oxygens (including phenoxy) is 3. The summed E-state index contributed by atoms with van der Waals surface area (Å²) in [4.78, 5) is 0. The average Bonchev–Trinajstić information content (AvgIpc) is 2.94. The van der Waals surface area contributed by atoms with Gasteiger partial charge in [-0.05, 0) is 115 Å². The van der Waals surface area contributed by atoms with E-state index in [4.69, 9.17) is 14.2 Å². The second kappa shape index (κ2) is 16.3. The molecule has 0 fully saturated rings. The first-order valence-corrected chi connectivity index (χ1v) is 22.1. The fourth-order valence-electron chi connectivity index (χ4n) is 6.45. The molecule has 43 heavy (non-hydrogen) atoms. The lowest BCUT2D eigenvalue weighted by Gasteiger charge is -2.42. The highest BCUT2D eigenvalue weighted by molar-refractivity contribution is 14.1. The van der Waals surface area contributed by atoms with Crippen LogP contribution >= 0.6 is 90.4 Å². The Hall–Kier alpha value is 0.920. The number of hydrogen-bond donors (Lipinski definition) is 0. The summed E-state index contributed by atoms with van der Waals surface area (Å²) in [6, 6.07) is 9.49. The maximum Gasteiger partial charge on any atom is 0.233 e. The maximum absolute atomic E-state index is 6.89. The predicted octanol–water partition coefficient (Wildman–Crippen LogP) is 12.2. The topological polar surface area (TPSA) is 27.7 Å². The number of benzene rings is 2. The van der Waals surface area contributed by atoms with E-state index in [1.165, 1.54) is 78.5 Å². The van der Waals surface area contributed by atoms with Crippen molar-refractivity contribution in [2.24, 2.45) is 11.8 Å². The first kappa shape index (κ1) is 36.8. The van der Waals surface area contributed by atoms with Crippen molar-refractivity contribution < 1.29 is 14.2 Å². The zero-order chi connectivity index (χ0) is 31.4. The van der Waals surface area contributed by atoms with Crippen LogP contribution in [-0.4, -0.2) is 17.7 Å². The van der Waals surface area contributed by atoms with Gasteiger partial charge in [-0.15, -0.1) is 0 Å². The number of hydrogen-bond acceptors (Lipinski definition) is 3. The van der Waals surface area contributed by atoms with Crippen molar-refractivity contribution in [3.63, 3.8) is 0 Å². The minimum Gasteiger partial charge on any atom is -0.459 e. The molecule has 3 nitrogen and oxygen atoms in total. The summed E-state index contributed by atoms with van der Waals surface area (Å²) in [7, 11) is 0. The molecule has 0 aliphatic carbocycles. The monoisotopic (exact) mass is 1040 g/mol. The van der Waals surface area contributed by atoms with Gasteiger partial charge < -0.3 is 9.47 Å². The predicted molar refractivity (Wildman–Crippen MR) is 216 cm³/mol. The van der Waals surface area contributed by atoms with Crippen LogP contribution in [0.25, 0.3) is 0 Å². The lowest BCUT2D eigenvalue weighted by Crippen LogP contribution is -2.33. The minimum absolute atomic E-state index is 0.0563. The first-order chi connectivity index (χ1) is 20.4. The Labute approximate surface area is 316 Å². The van der Waals surface area contributed by atoms with Gasteiger partial charge in [0.25, 0.3) is 0 Å². The number of alkyl halides is 4. The van der Waals surface area contributed by atoms with Crippen molar-refractivity contribution in [2.75, 3.05) is 17.7 Å². The van der Waals surface area contributed by atoms with Crippen LogP contribution in [0.1, 0.15) is 126 Å². The van der Waals surface area contributed by atoms with E-state index in [-0.39, 0.29) is 10.8 Å².